The Morgan fingerprint density at radius 1 is 1.15 bits per heavy atom. The number of halogens is 5. The number of benzene rings is 2. The average Bonchev–Trinajstić information content (AvgIpc) is 3.02. The number of fused-ring (bicyclic) bond motifs is 1. The zero-order valence-corrected chi connectivity index (χ0v) is 25.7. The number of aromatic nitrogens is 1. The van der Waals surface area contributed by atoms with E-state index in [0.29, 0.717) is 65.5 Å². The van der Waals surface area contributed by atoms with Gasteiger partial charge in [0.2, 0.25) is 0 Å². The molecule has 3 aromatic rings. The molecule has 0 radical (unpaired) electrons. The first kappa shape index (κ1) is 33.7. The van der Waals surface area contributed by atoms with Gasteiger partial charge in [0.05, 0.1) is 32.5 Å². The van der Waals surface area contributed by atoms with Gasteiger partial charge in [-0.3, -0.25) is 9.59 Å². The van der Waals surface area contributed by atoms with Crippen molar-refractivity contribution in [3.8, 4) is 22.6 Å². The molecule has 2 atom stereocenters. The number of hydrogen-bond donors (Lipinski definition) is 2. The highest BCUT2D eigenvalue weighted by molar-refractivity contribution is 5.97. The van der Waals surface area contributed by atoms with Crippen LogP contribution in [0.15, 0.2) is 35.1 Å². The molecule has 0 bridgehead atoms. The minimum atomic E-state index is -4.75. The molecule has 2 aliphatic heterocycles. The van der Waals surface area contributed by atoms with E-state index in [-0.39, 0.29) is 30.7 Å². The standard InChI is InChI=1S/C32H32F5N3O7/c1-16-11-24(45-3)26(30(42)39(16)2)20-7-6-17(19-5-4-9-47-28(19)20)12-23(31(43)44)38-29(41)27-21(33)13-18(14-22(27)34)40-8-10-46-15-25(40)32(35,36)37/h6-7,11,13-14,23,25H,4-5,8-10,12,15H2,1-3H3,(H,38,41)(H,43,44)/t23-,25+/m0/s1. The first-order valence-corrected chi connectivity index (χ1v) is 14.7. The van der Waals surface area contributed by atoms with Crippen molar-refractivity contribution in [2.75, 3.05) is 38.4 Å². The summed E-state index contributed by atoms with van der Waals surface area (Å²) in [4.78, 5) is 39.3. The number of nitrogens with zero attached hydrogens (tertiary/aromatic N) is 2. The Hall–Kier alpha value is -4.66. The van der Waals surface area contributed by atoms with Gasteiger partial charge in [0.1, 0.15) is 40.8 Å². The number of methoxy groups -OCH3 is 1. The number of pyridine rings is 1. The Morgan fingerprint density at radius 3 is 2.49 bits per heavy atom. The number of aryl methyl sites for hydroxylation is 1. The minimum absolute atomic E-state index is 0.108. The number of morpholine rings is 1. The van der Waals surface area contributed by atoms with Gasteiger partial charge in [0.25, 0.3) is 11.5 Å². The molecule has 1 aromatic heterocycles. The smallest absolute Gasteiger partial charge is 0.411 e. The summed E-state index contributed by atoms with van der Waals surface area (Å²) in [5.41, 5.74) is 0.501. The Bertz CT molecular complexity index is 1750. The zero-order chi connectivity index (χ0) is 34.2. The van der Waals surface area contributed by atoms with Crippen LogP contribution in [0.3, 0.4) is 0 Å². The summed E-state index contributed by atoms with van der Waals surface area (Å²) in [6.45, 7) is 0.944. The zero-order valence-electron chi connectivity index (χ0n) is 25.7. The number of aliphatic carboxylic acids is 1. The number of carboxylic acid groups (broad SMARTS) is 1. The normalized spacial score (nSPS) is 17.0. The van der Waals surface area contributed by atoms with Crippen LogP contribution in [0, 0.1) is 18.6 Å². The minimum Gasteiger partial charge on any atom is -0.496 e. The Labute approximate surface area is 265 Å². The van der Waals surface area contributed by atoms with Crippen molar-refractivity contribution in [1.82, 2.24) is 9.88 Å². The fourth-order valence-corrected chi connectivity index (χ4v) is 5.90. The van der Waals surface area contributed by atoms with Crippen LogP contribution in [-0.2, 0) is 29.4 Å². The average molecular weight is 666 g/mol. The first-order valence-electron chi connectivity index (χ1n) is 14.7. The van der Waals surface area contributed by atoms with Crippen LogP contribution in [-0.4, -0.2) is 73.3 Å². The second-order valence-electron chi connectivity index (χ2n) is 11.3. The second kappa shape index (κ2) is 13.2. The van der Waals surface area contributed by atoms with E-state index >= 15 is 8.78 Å². The van der Waals surface area contributed by atoms with Crippen molar-refractivity contribution in [2.24, 2.45) is 7.05 Å². The van der Waals surface area contributed by atoms with Gasteiger partial charge in [-0.15, -0.1) is 0 Å². The van der Waals surface area contributed by atoms with Gasteiger partial charge in [0, 0.05) is 43.0 Å². The van der Waals surface area contributed by atoms with Gasteiger partial charge in [-0.25, -0.2) is 13.6 Å². The number of anilines is 1. The highest BCUT2D eigenvalue weighted by Gasteiger charge is 2.46. The summed E-state index contributed by atoms with van der Waals surface area (Å²) >= 11 is 0. The van der Waals surface area contributed by atoms with Gasteiger partial charge in [-0.05, 0) is 43.0 Å². The van der Waals surface area contributed by atoms with Crippen molar-refractivity contribution >= 4 is 17.6 Å². The highest BCUT2D eigenvalue weighted by atomic mass is 19.4. The number of carboxylic acids is 1. The highest BCUT2D eigenvalue weighted by Crippen LogP contribution is 2.41. The molecule has 47 heavy (non-hydrogen) atoms. The maximum absolute atomic E-state index is 15.2. The Balaban J connectivity index is 1.44. The van der Waals surface area contributed by atoms with Crippen LogP contribution < -0.4 is 25.2 Å². The van der Waals surface area contributed by atoms with Crippen molar-refractivity contribution in [2.45, 2.75) is 44.4 Å². The van der Waals surface area contributed by atoms with E-state index in [0.717, 1.165) is 4.90 Å². The molecule has 5 rings (SSSR count). The lowest BCUT2D eigenvalue weighted by Gasteiger charge is -2.38. The molecule has 1 saturated heterocycles. The quantitative estimate of drug-likeness (QED) is 0.345. The van der Waals surface area contributed by atoms with Crippen LogP contribution in [0.2, 0.25) is 0 Å². The number of rotatable bonds is 8. The molecule has 2 aliphatic rings. The van der Waals surface area contributed by atoms with Gasteiger partial charge in [-0.1, -0.05) is 12.1 Å². The molecule has 2 aromatic carbocycles. The van der Waals surface area contributed by atoms with Crippen molar-refractivity contribution in [3.05, 3.63) is 74.7 Å². The Morgan fingerprint density at radius 2 is 1.85 bits per heavy atom. The molecule has 10 nitrogen and oxygen atoms in total. The van der Waals surface area contributed by atoms with Crippen molar-refractivity contribution in [3.63, 3.8) is 0 Å². The molecule has 0 spiro atoms. The van der Waals surface area contributed by atoms with E-state index in [9.17, 15) is 32.7 Å². The fourth-order valence-electron chi connectivity index (χ4n) is 5.90. The van der Waals surface area contributed by atoms with Crippen LogP contribution in [0.25, 0.3) is 11.1 Å². The summed E-state index contributed by atoms with van der Waals surface area (Å²) in [5, 5.41) is 12.1. The van der Waals surface area contributed by atoms with E-state index in [1.807, 2.05) is 0 Å². The van der Waals surface area contributed by atoms with E-state index in [4.69, 9.17) is 14.2 Å². The molecule has 1 fully saturated rings. The summed E-state index contributed by atoms with van der Waals surface area (Å²) in [6.07, 6.45) is -4.02. The first-order chi connectivity index (χ1) is 22.2. The lowest BCUT2D eigenvalue weighted by Crippen LogP contribution is -2.53. The number of alkyl halides is 3. The van der Waals surface area contributed by atoms with Crippen molar-refractivity contribution in [1.29, 1.82) is 0 Å². The predicted molar refractivity (Wildman–Crippen MR) is 159 cm³/mol. The molecule has 15 heteroatoms. The molecule has 0 aliphatic carbocycles. The molecule has 0 saturated carbocycles. The molecule has 0 unspecified atom stereocenters. The van der Waals surface area contributed by atoms with Crippen LogP contribution in [0.4, 0.5) is 27.6 Å². The largest absolute Gasteiger partial charge is 0.496 e. The number of carbonyl (C=O) groups is 2. The molecule has 2 N–H and O–H groups in total. The fraction of sp³-hybridized carbons (Fsp3) is 0.406. The molecular formula is C32H32F5N3O7. The molecular weight excluding hydrogens is 633 g/mol. The maximum atomic E-state index is 15.2. The third kappa shape index (κ3) is 6.62. The van der Waals surface area contributed by atoms with E-state index in [1.54, 1.807) is 32.2 Å². The lowest BCUT2D eigenvalue weighted by molar-refractivity contribution is -0.167. The number of hydrogen-bond acceptors (Lipinski definition) is 7. The Kier molecular flexibility index (Phi) is 9.48. The predicted octanol–water partition coefficient (Wildman–Crippen LogP) is 4.17. The number of ether oxygens (including phenoxy) is 3. The van der Waals surface area contributed by atoms with E-state index < -0.39 is 59.6 Å². The van der Waals surface area contributed by atoms with Crippen molar-refractivity contribution < 1.29 is 50.9 Å². The molecule has 3 heterocycles. The number of nitrogens with one attached hydrogen (secondary N) is 1. The molecule has 1 amide bonds. The van der Waals surface area contributed by atoms with Gasteiger partial charge < -0.3 is 34.1 Å². The van der Waals surface area contributed by atoms with Crippen LogP contribution in [0.1, 0.15) is 33.6 Å². The van der Waals surface area contributed by atoms with Gasteiger partial charge in [-0.2, -0.15) is 13.2 Å². The summed E-state index contributed by atoms with van der Waals surface area (Å²) in [7, 11) is 3.05. The topological polar surface area (TPSA) is 119 Å². The maximum Gasteiger partial charge on any atom is 0.411 e. The SMILES string of the molecule is COc1cc(C)n(C)c(=O)c1-c1ccc(C[C@H](NC(=O)c2c(F)cc(N3CCOC[C@@H]3C(F)(F)F)cc2F)C(=O)O)c2c1OCCC2. The lowest BCUT2D eigenvalue weighted by atomic mass is 9.90. The summed E-state index contributed by atoms with van der Waals surface area (Å²) < 4.78 is 88.7. The van der Waals surface area contributed by atoms with E-state index in [2.05, 4.69) is 5.32 Å². The monoisotopic (exact) mass is 665 g/mol. The third-order valence-electron chi connectivity index (χ3n) is 8.42. The molecule has 252 valence electrons. The van der Waals surface area contributed by atoms with E-state index in [1.165, 1.54) is 11.7 Å². The van der Waals surface area contributed by atoms with Crippen LogP contribution >= 0.6 is 0 Å². The second-order valence-corrected chi connectivity index (χ2v) is 11.3. The number of carbonyl (C=O) groups excluding carboxylic acids is 1. The van der Waals surface area contributed by atoms with Crippen LogP contribution in [0.5, 0.6) is 11.5 Å². The van der Waals surface area contributed by atoms with Gasteiger partial charge >= 0.3 is 12.1 Å². The summed E-state index contributed by atoms with van der Waals surface area (Å²) in [6, 6.07) is 2.29. The number of amides is 1. The third-order valence-corrected chi connectivity index (χ3v) is 8.42. The van der Waals surface area contributed by atoms with Gasteiger partial charge in [0.15, 0.2) is 0 Å². The summed E-state index contributed by atoms with van der Waals surface area (Å²) in [5.74, 6) is -5.14.